The van der Waals surface area contributed by atoms with E-state index >= 15 is 0 Å². The highest BCUT2D eigenvalue weighted by Gasteiger charge is 2.18. The van der Waals surface area contributed by atoms with Crippen LogP contribution in [-0.4, -0.2) is 13.0 Å². The van der Waals surface area contributed by atoms with Crippen molar-refractivity contribution in [1.82, 2.24) is 5.32 Å². The molecular weight excluding hydrogens is 288 g/mol. The molecule has 4 nitrogen and oxygen atoms in total. The predicted molar refractivity (Wildman–Crippen MR) is 84.7 cm³/mol. The van der Waals surface area contributed by atoms with E-state index in [9.17, 15) is 4.79 Å². The predicted octanol–water partition coefficient (Wildman–Crippen LogP) is 3.42. The minimum absolute atomic E-state index is 0.168. The highest BCUT2D eigenvalue weighted by molar-refractivity contribution is 6.30. The van der Waals surface area contributed by atoms with Gasteiger partial charge in [0.05, 0.1) is 13.2 Å². The van der Waals surface area contributed by atoms with Crippen molar-refractivity contribution in [3.05, 3.63) is 58.6 Å². The molecule has 1 amide bonds. The van der Waals surface area contributed by atoms with Gasteiger partial charge in [-0.3, -0.25) is 4.79 Å². The molecule has 5 heteroatoms. The van der Waals surface area contributed by atoms with Gasteiger partial charge in [-0.1, -0.05) is 29.8 Å². The summed E-state index contributed by atoms with van der Waals surface area (Å²) in [4.78, 5) is 12.4. The lowest BCUT2D eigenvalue weighted by atomic mass is 10.1. The molecule has 0 aliphatic carbocycles. The minimum atomic E-state index is -0.271. The molecule has 0 bridgehead atoms. The third-order valence-electron chi connectivity index (χ3n) is 3.22. The molecule has 0 saturated carbocycles. The Bertz CT molecular complexity index is 641. The Morgan fingerprint density at radius 2 is 1.90 bits per heavy atom. The van der Waals surface area contributed by atoms with Crippen molar-refractivity contribution < 1.29 is 9.53 Å². The zero-order valence-electron chi connectivity index (χ0n) is 11.9. The first-order valence-electron chi connectivity index (χ1n) is 6.51. The summed E-state index contributed by atoms with van der Waals surface area (Å²) in [7, 11) is 1.51. The molecule has 1 unspecified atom stereocenters. The zero-order valence-corrected chi connectivity index (χ0v) is 12.6. The van der Waals surface area contributed by atoms with Crippen molar-refractivity contribution >= 4 is 23.2 Å². The van der Waals surface area contributed by atoms with Crippen molar-refractivity contribution in [2.75, 3.05) is 12.8 Å². The van der Waals surface area contributed by atoms with Crippen LogP contribution in [-0.2, 0) is 0 Å². The highest BCUT2D eigenvalue weighted by Crippen LogP contribution is 2.25. The van der Waals surface area contributed by atoms with E-state index in [1.807, 2.05) is 19.1 Å². The summed E-state index contributed by atoms with van der Waals surface area (Å²) < 4.78 is 5.19. The largest absolute Gasteiger partial charge is 0.496 e. The molecule has 2 aromatic carbocycles. The van der Waals surface area contributed by atoms with Crippen LogP contribution in [0.3, 0.4) is 0 Å². The third-order valence-corrected chi connectivity index (χ3v) is 3.48. The fourth-order valence-corrected chi connectivity index (χ4v) is 2.19. The number of nitrogen functional groups attached to an aromatic ring is 1. The van der Waals surface area contributed by atoms with Gasteiger partial charge in [0.15, 0.2) is 0 Å². The molecule has 0 spiro atoms. The van der Waals surface area contributed by atoms with E-state index in [4.69, 9.17) is 22.1 Å². The molecule has 0 saturated heterocycles. The summed E-state index contributed by atoms with van der Waals surface area (Å²) in [6.07, 6.45) is 0. The van der Waals surface area contributed by atoms with Gasteiger partial charge in [-0.05, 0) is 36.8 Å². The van der Waals surface area contributed by atoms with Crippen molar-refractivity contribution in [1.29, 1.82) is 0 Å². The third kappa shape index (κ3) is 3.47. The lowest BCUT2D eigenvalue weighted by molar-refractivity contribution is 0.0938. The molecule has 0 fully saturated rings. The Morgan fingerprint density at radius 1 is 1.24 bits per heavy atom. The molecule has 21 heavy (non-hydrogen) atoms. The summed E-state index contributed by atoms with van der Waals surface area (Å²) in [5.74, 6) is 0.184. The number of carbonyl (C=O) groups excluding carboxylic acids is 1. The molecule has 1 atom stereocenters. The van der Waals surface area contributed by atoms with Crippen LogP contribution < -0.4 is 15.8 Å². The second kappa shape index (κ2) is 6.50. The van der Waals surface area contributed by atoms with Crippen LogP contribution in [0.2, 0.25) is 5.02 Å². The minimum Gasteiger partial charge on any atom is -0.496 e. The molecule has 110 valence electrons. The molecule has 0 aliphatic rings. The highest BCUT2D eigenvalue weighted by atomic mass is 35.5. The number of ether oxygens (including phenoxy) is 1. The zero-order chi connectivity index (χ0) is 15.4. The number of carbonyl (C=O) groups is 1. The van der Waals surface area contributed by atoms with Gasteiger partial charge in [-0.15, -0.1) is 0 Å². The van der Waals surface area contributed by atoms with E-state index in [0.717, 1.165) is 5.56 Å². The summed E-state index contributed by atoms with van der Waals surface area (Å²) in [6.45, 7) is 1.90. The summed E-state index contributed by atoms with van der Waals surface area (Å²) in [6, 6.07) is 12.3. The Hall–Kier alpha value is -2.20. The van der Waals surface area contributed by atoms with Crippen LogP contribution in [0.5, 0.6) is 5.75 Å². The van der Waals surface area contributed by atoms with E-state index < -0.39 is 0 Å². The first-order valence-corrected chi connectivity index (χ1v) is 6.89. The second-order valence-electron chi connectivity index (χ2n) is 4.67. The maximum absolute atomic E-state index is 12.4. The first kappa shape index (κ1) is 15.2. The van der Waals surface area contributed by atoms with Gasteiger partial charge in [-0.25, -0.2) is 0 Å². The number of hydrogen-bond donors (Lipinski definition) is 2. The Balaban J connectivity index is 2.20. The fraction of sp³-hybridized carbons (Fsp3) is 0.188. The van der Waals surface area contributed by atoms with Crippen LogP contribution in [0.25, 0.3) is 0 Å². The average molecular weight is 305 g/mol. The number of halogens is 1. The Labute approximate surface area is 128 Å². The SMILES string of the molecule is COc1cccc(N)c1C(=O)NC(C)c1ccc(Cl)cc1. The number of methoxy groups -OCH3 is 1. The Morgan fingerprint density at radius 3 is 2.52 bits per heavy atom. The van der Waals surface area contributed by atoms with E-state index in [1.165, 1.54) is 7.11 Å². The molecule has 0 aromatic heterocycles. The standard InChI is InChI=1S/C16H17ClN2O2/c1-10(11-6-8-12(17)9-7-11)19-16(20)15-13(18)4-3-5-14(15)21-2/h3-10H,18H2,1-2H3,(H,19,20). The summed E-state index contributed by atoms with van der Waals surface area (Å²) in [5.41, 5.74) is 7.57. The molecule has 3 N–H and O–H groups in total. The maximum atomic E-state index is 12.4. The van der Waals surface area contributed by atoms with E-state index in [-0.39, 0.29) is 11.9 Å². The smallest absolute Gasteiger partial charge is 0.257 e. The Kier molecular flexibility index (Phi) is 4.70. The number of nitrogens with two attached hydrogens (primary N) is 1. The quantitative estimate of drug-likeness (QED) is 0.851. The van der Waals surface area contributed by atoms with Gasteiger partial charge in [0, 0.05) is 10.7 Å². The fourth-order valence-electron chi connectivity index (χ4n) is 2.06. The van der Waals surface area contributed by atoms with Crippen molar-refractivity contribution in [3.63, 3.8) is 0 Å². The van der Waals surface area contributed by atoms with Gasteiger partial charge >= 0.3 is 0 Å². The van der Waals surface area contributed by atoms with Crippen LogP contribution in [0.1, 0.15) is 28.9 Å². The van der Waals surface area contributed by atoms with Crippen molar-refractivity contribution in [3.8, 4) is 5.75 Å². The molecule has 2 rings (SSSR count). The van der Waals surface area contributed by atoms with Gasteiger partial charge < -0.3 is 15.8 Å². The molecule has 0 heterocycles. The summed E-state index contributed by atoms with van der Waals surface area (Å²) >= 11 is 5.86. The molecule has 0 aliphatic heterocycles. The number of rotatable bonds is 4. The number of amides is 1. The monoisotopic (exact) mass is 304 g/mol. The van der Waals surface area contributed by atoms with Crippen LogP contribution in [0.15, 0.2) is 42.5 Å². The lowest BCUT2D eigenvalue weighted by Gasteiger charge is -2.17. The normalized spacial score (nSPS) is 11.8. The number of benzene rings is 2. The maximum Gasteiger partial charge on any atom is 0.257 e. The van der Waals surface area contributed by atoms with Gasteiger partial charge in [0.2, 0.25) is 0 Å². The average Bonchev–Trinajstić information content (AvgIpc) is 2.47. The first-order chi connectivity index (χ1) is 10.0. The van der Waals surface area contributed by atoms with E-state index in [0.29, 0.717) is 22.0 Å². The van der Waals surface area contributed by atoms with Gasteiger partial charge in [0.25, 0.3) is 5.91 Å². The van der Waals surface area contributed by atoms with E-state index in [2.05, 4.69) is 5.32 Å². The van der Waals surface area contributed by atoms with Crippen LogP contribution in [0.4, 0.5) is 5.69 Å². The molecular formula is C16H17ClN2O2. The van der Waals surface area contributed by atoms with Crippen LogP contribution in [0, 0.1) is 0 Å². The van der Waals surface area contributed by atoms with Gasteiger partial charge in [-0.2, -0.15) is 0 Å². The van der Waals surface area contributed by atoms with Crippen molar-refractivity contribution in [2.45, 2.75) is 13.0 Å². The van der Waals surface area contributed by atoms with Gasteiger partial charge in [0.1, 0.15) is 11.3 Å². The summed E-state index contributed by atoms with van der Waals surface area (Å²) in [5, 5.41) is 3.56. The van der Waals surface area contributed by atoms with Crippen molar-refractivity contribution in [2.24, 2.45) is 0 Å². The topological polar surface area (TPSA) is 64.3 Å². The van der Waals surface area contributed by atoms with E-state index in [1.54, 1.807) is 30.3 Å². The van der Waals surface area contributed by atoms with Crippen LogP contribution >= 0.6 is 11.6 Å². The molecule has 0 radical (unpaired) electrons. The number of hydrogen-bond acceptors (Lipinski definition) is 3. The lowest BCUT2D eigenvalue weighted by Crippen LogP contribution is -2.27. The number of nitrogens with one attached hydrogen (secondary N) is 1. The second-order valence-corrected chi connectivity index (χ2v) is 5.11. The molecule has 2 aromatic rings. The number of anilines is 1.